The number of likely N-dealkylation sites (tertiary alicyclic amines) is 1. The van der Waals surface area contributed by atoms with Crippen molar-refractivity contribution in [2.45, 2.75) is 58.6 Å². The van der Waals surface area contributed by atoms with E-state index in [0.717, 1.165) is 38.0 Å². The Morgan fingerprint density at radius 1 is 1.21 bits per heavy atom. The number of benzene rings is 1. The van der Waals surface area contributed by atoms with Crippen molar-refractivity contribution in [3.8, 4) is 5.75 Å². The molecule has 0 aliphatic carbocycles. The number of pyridine rings is 1. The third-order valence-corrected chi connectivity index (χ3v) is 5.08. The van der Waals surface area contributed by atoms with Gasteiger partial charge in [0.05, 0.1) is 6.10 Å². The number of anilines is 1. The number of aromatic nitrogens is 1. The number of rotatable bonds is 6. The van der Waals surface area contributed by atoms with Crippen LogP contribution in [-0.4, -0.2) is 40.4 Å². The second-order valence-electron chi connectivity index (χ2n) is 7.63. The summed E-state index contributed by atoms with van der Waals surface area (Å²) in [5, 5.41) is 2.86. The second-order valence-corrected chi connectivity index (χ2v) is 7.63. The van der Waals surface area contributed by atoms with Gasteiger partial charge in [-0.1, -0.05) is 6.92 Å². The highest BCUT2D eigenvalue weighted by Crippen LogP contribution is 2.22. The molecule has 0 saturated carbocycles. The van der Waals surface area contributed by atoms with Gasteiger partial charge >= 0.3 is 0 Å². The highest BCUT2D eigenvalue weighted by atomic mass is 16.5. The lowest BCUT2D eigenvalue weighted by molar-refractivity contribution is 0.0602. The summed E-state index contributed by atoms with van der Waals surface area (Å²) in [4.78, 5) is 31.7. The van der Waals surface area contributed by atoms with Gasteiger partial charge in [0, 0.05) is 30.0 Å². The van der Waals surface area contributed by atoms with E-state index in [1.165, 1.54) is 6.20 Å². The number of carbonyl (C=O) groups is 2. The summed E-state index contributed by atoms with van der Waals surface area (Å²) >= 11 is 0. The van der Waals surface area contributed by atoms with Crippen LogP contribution in [0.3, 0.4) is 0 Å². The van der Waals surface area contributed by atoms with Crippen LogP contribution in [0, 0.1) is 0 Å². The molecule has 2 amide bonds. The molecule has 6 nitrogen and oxygen atoms in total. The van der Waals surface area contributed by atoms with Crippen LogP contribution in [0.2, 0.25) is 0 Å². The maximum atomic E-state index is 12.9. The van der Waals surface area contributed by atoms with Crippen LogP contribution in [0.4, 0.5) is 5.69 Å². The molecule has 6 heteroatoms. The van der Waals surface area contributed by atoms with Crippen LogP contribution in [0.5, 0.6) is 5.75 Å². The quantitative estimate of drug-likeness (QED) is 0.780. The van der Waals surface area contributed by atoms with Gasteiger partial charge in [-0.15, -0.1) is 0 Å². The van der Waals surface area contributed by atoms with Crippen LogP contribution in [0.15, 0.2) is 42.6 Å². The first-order valence-electron chi connectivity index (χ1n) is 10.3. The normalized spacial score (nSPS) is 16.6. The summed E-state index contributed by atoms with van der Waals surface area (Å²) in [5.74, 6) is 0.382. The average molecular weight is 396 g/mol. The lowest BCUT2D eigenvalue weighted by atomic mass is 9.99. The van der Waals surface area contributed by atoms with Crippen molar-refractivity contribution in [1.82, 2.24) is 9.88 Å². The van der Waals surface area contributed by atoms with Crippen molar-refractivity contribution in [2.24, 2.45) is 0 Å². The number of hydrogen-bond donors (Lipinski definition) is 1. The lowest BCUT2D eigenvalue weighted by Gasteiger charge is -2.35. The Hall–Kier alpha value is -2.89. The highest BCUT2D eigenvalue weighted by Gasteiger charge is 2.27. The Balaban J connectivity index is 1.70. The zero-order chi connectivity index (χ0) is 20.8. The van der Waals surface area contributed by atoms with Crippen molar-refractivity contribution in [3.63, 3.8) is 0 Å². The fourth-order valence-electron chi connectivity index (χ4n) is 3.62. The summed E-state index contributed by atoms with van der Waals surface area (Å²) in [7, 11) is 0. The zero-order valence-corrected chi connectivity index (χ0v) is 17.4. The first-order valence-corrected chi connectivity index (χ1v) is 10.3. The van der Waals surface area contributed by atoms with Crippen LogP contribution in [0.25, 0.3) is 0 Å². The van der Waals surface area contributed by atoms with E-state index in [4.69, 9.17) is 4.74 Å². The number of amides is 2. The predicted octanol–water partition coefficient (Wildman–Crippen LogP) is 4.53. The van der Waals surface area contributed by atoms with Crippen molar-refractivity contribution < 1.29 is 14.3 Å². The molecule has 3 rings (SSSR count). The molecule has 1 aromatic carbocycles. The summed E-state index contributed by atoms with van der Waals surface area (Å²) in [5.41, 5.74) is 1.40. The first-order chi connectivity index (χ1) is 14.0. The molecule has 0 spiro atoms. The Bertz CT molecular complexity index is 849. The van der Waals surface area contributed by atoms with Crippen molar-refractivity contribution in [3.05, 3.63) is 53.9 Å². The van der Waals surface area contributed by atoms with E-state index < -0.39 is 0 Å². The smallest absolute Gasteiger partial charge is 0.272 e. The molecule has 0 radical (unpaired) electrons. The molecule has 1 fully saturated rings. The van der Waals surface area contributed by atoms with Gasteiger partial charge in [-0.3, -0.25) is 14.6 Å². The molecule has 29 heavy (non-hydrogen) atoms. The standard InChI is InChI=1S/C23H29N3O3/c1-4-19-7-5-6-14-26(19)23(28)21-15-17(12-13-24-21)22(27)25-18-8-10-20(11-9-18)29-16(2)3/h8-13,15-16,19H,4-7,14H2,1-3H3,(H,25,27). The van der Waals surface area contributed by atoms with E-state index in [9.17, 15) is 9.59 Å². The minimum absolute atomic E-state index is 0.0930. The molecule has 0 bridgehead atoms. The van der Waals surface area contributed by atoms with E-state index in [0.29, 0.717) is 16.9 Å². The topological polar surface area (TPSA) is 71.5 Å². The summed E-state index contributed by atoms with van der Waals surface area (Å²) in [6, 6.07) is 10.7. The van der Waals surface area contributed by atoms with Gasteiger partial charge in [0.2, 0.25) is 0 Å². The number of carbonyl (C=O) groups excluding carboxylic acids is 2. The maximum Gasteiger partial charge on any atom is 0.272 e. The number of nitrogens with one attached hydrogen (secondary N) is 1. The molecule has 1 aromatic heterocycles. The molecular weight excluding hydrogens is 366 g/mol. The fraction of sp³-hybridized carbons (Fsp3) is 0.435. The predicted molar refractivity (Wildman–Crippen MR) is 113 cm³/mol. The van der Waals surface area contributed by atoms with Gasteiger partial charge in [0.15, 0.2) is 0 Å². The van der Waals surface area contributed by atoms with Crippen LogP contribution in [0.1, 0.15) is 67.3 Å². The van der Waals surface area contributed by atoms with E-state index >= 15 is 0 Å². The van der Waals surface area contributed by atoms with Crippen molar-refractivity contribution in [2.75, 3.05) is 11.9 Å². The third-order valence-electron chi connectivity index (χ3n) is 5.08. The molecule has 1 saturated heterocycles. The molecule has 1 aliphatic rings. The summed E-state index contributed by atoms with van der Waals surface area (Å²) in [6.45, 7) is 6.78. The summed E-state index contributed by atoms with van der Waals surface area (Å²) < 4.78 is 5.61. The Morgan fingerprint density at radius 3 is 2.66 bits per heavy atom. The minimum atomic E-state index is -0.273. The van der Waals surface area contributed by atoms with Gasteiger partial charge in [-0.05, 0) is 75.9 Å². The van der Waals surface area contributed by atoms with E-state index in [1.807, 2.05) is 30.9 Å². The maximum absolute atomic E-state index is 12.9. The average Bonchev–Trinajstić information content (AvgIpc) is 2.74. The molecule has 1 atom stereocenters. The molecule has 1 aliphatic heterocycles. The summed E-state index contributed by atoms with van der Waals surface area (Å²) in [6.07, 6.45) is 5.74. The van der Waals surface area contributed by atoms with Gasteiger partial charge in [0.25, 0.3) is 11.8 Å². The van der Waals surface area contributed by atoms with Gasteiger partial charge in [0.1, 0.15) is 11.4 Å². The fourth-order valence-corrected chi connectivity index (χ4v) is 3.62. The molecule has 1 N–H and O–H groups in total. The molecule has 2 aromatic rings. The van der Waals surface area contributed by atoms with Crippen LogP contribution in [-0.2, 0) is 0 Å². The lowest BCUT2D eigenvalue weighted by Crippen LogP contribution is -2.43. The Labute approximate surface area is 172 Å². The Kier molecular flexibility index (Phi) is 6.86. The molecule has 1 unspecified atom stereocenters. The monoisotopic (exact) mass is 395 g/mol. The van der Waals surface area contributed by atoms with E-state index in [-0.39, 0.29) is 24.0 Å². The van der Waals surface area contributed by atoms with E-state index in [1.54, 1.807) is 24.3 Å². The van der Waals surface area contributed by atoms with Crippen LogP contribution < -0.4 is 10.1 Å². The highest BCUT2D eigenvalue weighted by molar-refractivity contribution is 6.05. The van der Waals surface area contributed by atoms with Crippen molar-refractivity contribution >= 4 is 17.5 Å². The van der Waals surface area contributed by atoms with Gasteiger partial charge < -0.3 is 15.0 Å². The minimum Gasteiger partial charge on any atom is -0.491 e. The largest absolute Gasteiger partial charge is 0.491 e. The number of piperidine rings is 1. The molecule has 154 valence electrons. The second kappa shape index (κ2) is 9.54. The number of ether oxygens (including phenoxy) is 1. The number of nitrogens with zero attached hydrogens (tertiary/aromatic N) is 2. The van der Waals surface area contributed by atoms with Gasteiger partial charge in [-0.2, -0.15) is 0 Å². The zero-order valence-electron chi connectivity index (χ0n) is 17.4. The molecular formula is C23H29N3O3. The third kappa shape index (κ3) is 5.34. The SMILES string of the molecule is CCC1CCCCN1C(=O)c1cc(C(=O)Nc2ccc(OC(C)C)cc2)ccn1. The van der Waals surface area contributed by atoms with Gasteiger partial charge in [-0.25, -0.2) is 0 Å². The van der Waals surface area contributed by atoms with Crippen molar-refractivity contribution in [1.29, 1.82) is 0 Å². The first kappa shape index (κ1) is 20.8. The Morgan fingerprint density at radius 2 is 1.97 bits per heavy atom. The van der Waals surface area contributed by atoms with Crippen LogP contribution >= 0.6 is 0 Å². The van der Waals surface area contributed by atoms with E-state index in [2.05, 4.69) is 17.2 Å². The molecule has 2 heterocycles. The number of hydrogen-bond acceptors (Lipinski definition) is 4.